The van der Waals surface area contributed by atoms with Crippen molar-refractivity contribution >= 4 is 11.9 Å². The monoisotopic (exact) mass is 334 g/mol. The van der Waals surface area contributed by atoms with Crippen molar-refractivity contribution in [2.45, 2.75) is 19.5 Å². The average Bonchev–Trinajstić information content (AvgIpc) is 3.02. The highest BCUT2D eigenvalue weighted by Crippen LogP contribution is 2.29. The van der Waals surface area contributed by atoms with E-state index < -0.39 is 5.97 Å². The minimum atomic E-state index is -1.20. The number of hydrogen-bond donors (Lipinski definition) is 2. The summed E-state index contributed by atoms with van der Waals surface area (Å²) in [6, 6.07) is 4.96. The third kappa shape index (κ3) is 4.00. The molecule has 0 radical (unpaired) electrons. The molecule has 0 saturated heterocycles. The van der Waals surface area contributed by atoms with Crippen LogP contribution < -0.4 is 14.8 Å². The lowest BCUT2D eigenvalue weighted by molar-refractivity contribution is -0.122. The van der Waals surface area contributed by atoms with Gasteiger partial charge in [-0.3, -0.25) is 4.79 Å². The number of nitrogens with one attached hydrogen (secondary N) is 1. The first-order valence-corrected chi connectivity index (χ1v) is 7.09. The number of nitrogens with zero attached hydrogens (tertiary/aromatic N) is 3. The fraction of sp³-hybridized carbons (Fsp3) is 0.333. The highest BCUT2D eigenvalue weighted by Gasteiger charge is 2.16. The quantitative estimate of drug-likeness (QED) is 0.772. The second-order valence-electron chi connectivity index (χ2n) is 5.00. The van der Waals surface area contributed by atoms with E-state index in [1.165, 1.54) is 6.20 Å². The van der Waals surface area contributed by atoms with Gasteiger partial charge in [-0.25, -0.2) is 9.48 Å². The zero-order chi connectivity index (χ0) is 17.7. The SMILES string of the molecule is COc1ccc(OC)c(C(C)NC(=O)Cn2cc(C(=O)O)nn2)c1. The second-order valence-corrected chi connectivity index (χ2v) is 5.00. The van der Waals surface area contributed by atoms with E-state index in [0.717, 1.165) is 10.2 Å². The number of rotatable bonds is 7. The second kappa shape index (κ2) is 7.44. The minimum Gasteiger partial charge on any atom is -0.497 e. The molecule has 1 aromatic carbocycles. The Bertz CT molecular complexity index is 743. The summed E-state index contributed by atoms with van der Waals surface area (Å²) in [6.07, 6.45) is 1.19. The maximum Gasteiger partial charge on any atom is 0.358 e. The summed E-state index contributed by atoms with van der Waals surface area (Å²) in [5, 5.41) is 18.6. The van der Waals surface area contributed by atoms with E-state index in [1.54, 1.807) is 39.3 Å². The van der Waals surface area contributed by atoms with Gasteiger partial charge in [0.1, 0.15) is 18.0 Å². The van der Waals surface area contributed by atoms with E-state index in [2.05, 4.69) is 15.6 Å². The van der Waals surface area contributed by atoms with Gasteiger partial charge in [0.05, 0.1) is 26.5 Å². The summed E-state index contributed by atoms with van der Waals surface area (Å²) in [7, 11) is 3.10. The van der Waals surface area contributed by atoms with Crippen LogP contribution in [0.15, 0.2) is 24.4 Å². The van der Waals surface area contributed by atoms with Gasteiger partial charge in [0, 0.05) is 5.56 Å². The molecule has 0 aliphatic rings. The number of carbonyl (C=O) groups excluding carboxylic acids is 1. The number of amides is 1. The van der Waals surface area contributed by atoms with Crippen molar-refractivity contribution in [1.29, 1.82) is 0 Å². The Balaban J connectivity index is 2.06. The Labute approximate surface area is 138 Å². The zero-order valence-electron chi connectivity index (χ0n) is 13.5. The van der Waals surface area contributed by atoms with Crippen molar-refractivity contribution in [3.8, 4) is 11.5 Å². The van der Waals surface area contributed by atoms with Crippen molar-refractivity contribution in [2.24, 2.45) is 0 Å². The Morgan fingerprint density at radius 1 is 1.33 bits per heavy atom. The first kappa shape index (κ1) is 17.3. The fourth-order valence-electron chi connectivity index (χ4n) is 2.16. The van der Waals surface area contributed by atoms with Crippen LogP contribution in [0.2, 0.25) is 0 Å². The summed E-state index contributed by atoms with van der Waals surface area (Å²) in [4.78, 5) is 22.9. The molecule has 9 heteroatoms. The lowest BCUT2D eigenvalue weighted by Gasteiger charge is -2.18. The Morgan fingerprint density at radius 3 is 2.67 bits per heavy atom. The van der Waals surface area contributed by atoms with Gasteiger partial charge in [-0.15, -0.1) is 5.10 Å². The predicted octanol–water partition coefficient (Wildman–Crippen LogP) is 0.871. The molecular formula is C15H18N4O5. The molecule has 0 saturated carbocycles. The first-order chi connectivity index (χ1) is 11.4. The Kier molecular flexibility index (Phi) is 5.35. The number of carboxylic acid groups (broad SMARTS) is 1. The molecule has 0 fully saturated rings. The average molecular weight is 334 g/mol. The van der Waals surface area contributed by atoms with E-state index in [9.17, 15) is 9.59 Å². The molecule has 1 aromatic heterocycles. The normalized spacial score (nSPS) is 11.6. The largest absolute Gasteiger partial charge is 0.497 e. The van der Waals surface area contributed by atoms with Gasteiger partial charge in [0.2, 0.25) is 5.91 Å². The van der Waals surface area contributed by atoms with E-state index in [4.69, 9.17) is 14.6 Å². The van der Waals surface area contributed by atoms with E-state index in [-0.39, 0.29) is 24.2 Å². The number of benzene rings is 1. The van der Waals surface area contributed by atoms with Gasteiger partial charge in [0.15, 0.2) is 5.69 Å². The van der Waals surface area contributed by atoms with Crippen molar-refractivity contribution in [3.05, 3.63) is 35.7 Å². The topological polar surface area (TPSA) is 116 Å². The number of ether oxygens (including phenoxy) is 2. The molecule has 0 bridgehead atoms. The third-order valence-corrected chi connectivity index (χ3v) is 3.34. The molecule has 24 heavy (non-hydrogen) atoms. The standard InChI is InChI=1S/C15H18N4O5/c1-9(11-6-10(23-2)4-5-13(11)24-3)16-14(20)8-19-7-12(15(21)22)17-18-19/h4-7,9H,8H2,1-3H3,(H,16,20)(H,21,22). The van der Waals surface area contributed by atoms with E-state index in [1.807, 2.05) is 0 Å². The van der Waals surface area contributed by atoms with E-state index in [0.29, 0.717) is 11.5 Å². The summed E-state index contributed by atoms with van der Waals surface area (Å²) < 4.78 is 11.6. The van der Waals surface area contributed by atoms with Gasteiger partial charge in [-0.1, -0.05) is 5.21 Å². The van der Waals surface area contributed by atoms with Gasteiger partial charge in [-0.05, 0) is 25.1 Å². The van der Waals surface area contributed by atoms with Gasteiger partial charge in [0.25, 0.3) is 0 Å². The summed E-state index contributed by atoms with van der Waals surface area (Å²) in [5.41, 5.74) is 0.542. The van der Waals surface area contributed by atoms with Crippen LogP contribution in [0, 0.1) is 0 Å². The molecular weight excluding hydrogens is 316 g/mol. The fourth-order valence-corrected chi connectivity index (χ4v) is 2.16. The molecule has 0 spiro atoms. The first-order valence-electron chi connectivity index (χ1n) is 7.09. The minimum absolute atomic E-state index is 0.142. The van der Waals surface area contributed by atoms with Crippen LogP contribution in [0.25, 0.3) is 0 Å². The van der Waals surface area contributed by atoms with Crippen LogP contribution in [-0.4, -0.2) is 46.2 Å². The molecule has 1 atom stereocenters. The number of carboxylic acids is 1. The van der Waals surface area contributed by atoms with Crippen molar-refractivity contribution in [1.82, 2.24) is 20.3 Å². The van der Waals surface area contributed by atoms with Crippen molar-refractivity contribution in [3.63, 3.8) is 0 Å². The maximum atomic E-state index is 12.1. The summed E-state index contributed by atoms with van der Waals surface area (Å²) >= 11 is 0. The van der Waals surface area contributed by atoms with Crippen LogP contribution in [-0.2, 0) is 11.3 Å². The lowest BCUT2D eigenvalue weighted by Crippen LogP contribution is -2.30. The molecule has 2 N–H and O–H groups in total. The zero-order valence-corrected chi connectivity index (χ0v) is 13.5. The number of carbonyl (C=O) groups is 2. The summed E-state index contributed by atoms with van der Waals surface area (Å²) in [5.74, 6) is -0.267. The molecule has 1 amide bonds. The molecule has 0 aliphatic heterocycles. The Morgan fingerprint density at radius 2 is 2.08 bits per heavy atom. The highest BCUT2D eigenvalue weighted by atomic mass is 16.5. The van der Waals surface area contributed by atoms with Crippen molar-refractivity contribution < 1.29 is 24.2 Å². The molecule has 2 aromatic rings. The number of aromatic nitrogens is 3. The van der Waals surface area contributed by atoms with Crippen LogP contribution >= 0.6 is 0 Å². The van der Waals surface area contributed by atoms with Crippen LogP contribution in [0.1, 0.15) is 29.0 Å². The number of hydrogen-bond acceptors (Lipinski definition) is 6. The van der Waals surface area contributed by atoms with E-state index >= 15 is 0 Å². The number of aromatic carboxylic acids is 1. The Hall–Kier alpha value is -3.10. The van der Waals surface area contributed by atoms with Crippen LogP contribution in [0.5, 0.6) is 11.5 Å². The van der Waals surface area contributed by atoms with Crippen molar-refractivity contribution in [2.75, 3.05) is 14.2 Å². The smallest absolute Gasteiger partial charge is 0.358 e. The number of methoxy groups -OCH3 is 2. The molecule has 0 aliphatic carbocycles. The van der Waals surface area contributed by atoms with Crippen LogP contribution in [0.3, 0.4) is 0 Å². The molecule has 1 heterocycles. The molecule has 128 valence electrons. The molecule has 1 unspecified atom stereocenters. The van der Waals surface area contributed by atoms with Gasteiger partial charge < -0.3 is 19.9 Å². The van der Waals surface area contributed by atoms with Crippen LogP contribution in [0.4, 0.5) is 0 Å². The molecule has 9 nitrogen and oxygen atoms in total. The van der Waals surface area contributed by atoms with Gasteiger partial charge in [-0.2, -0.15) is 0 Å². The molecule has 2 rings (SSSR count). The third-order valence-electron chi connectivity index (χ3n) is 3.34. The summed E-state index contributed by atoms with van der Waals surface area (Å²) in [6.45, 7) is 1.66. The highest BCUT2D eigenvalue weighted by molar-refractivity contribution is 5.84. The lowest BCUT2D eigenvalue weighted by atomic mass is 10.1. The predicted molar refractivity (Wildman–Crippen MR) is 83.1 cm³/mol. The maximum absolute atomic E-state index is 12.1. The van der Waals surface area contributed by atoms with Gasteiger partial charge >= 0.3 is 5.97 Å².